The van der Waals surface area contributed by atoms with Crippen LogP contribution in [0.5, 0.6) is 5.75 Å². The lowest BCUT2D eigenvalue weighted by Crippen LogP contribution is -2.63. The molecule has 0 saturated carbocycles. The summed E-state index contributed by atoms with van der Waals surface area (Å²) in [5.41, 5.74) is -0.513. The first kappa shape index (κ1) is 72.9. The van der Waals surface area contributed by atoms with Crippen molar-refractivity contribution in [3.63, 3.8) is 0 Å². The lowest BCUT2D eigenvalue weighted by Gasteiger charge is -2.42. The summed E-state index contributed by atoms with van der Waals surface area (Å²) in [4.78, 5) is 125. The molecule has 4 aliphatic rings. The monoisotopic (exact) mass is 1330 g/mol. The number of rotatable bonds is 21. The predicted octanol–water partition coefficient (Wildman–Crippen LogP) is 6.24. The first-order valence-corrected chi connectivity index (χ1v) is 32.0. The highest BCUT2D eigenvalue weighted by molar-refractivity contribution is 8.13. The number of methoxy groups -OCH3 is 2. The highest BCUT2D eigenvalue weighted by Crippen LogP contribution is 2.49. The largest absolute Gasteiger partial charge is 0.495 e. The summed E-state index contributed by atoms with van der Waals surface area (Å²) in [6, 6.07) is 6.91. The van der Waals surface area contributed by atoms with Crippen LogP contribution in [0, 0.1) is 5.92 Å². The van der Waals surface area contributed by atoms with Crippen molar-refractivity contribution in [1.29, 1.82) is 0 Å². The van der Waals surface area contributed by atoms with Crippen molar-refractivity contribution in [2.45, 2.75) is 114 Å². The molecule has 0 radical (unpaired) electrons. The second-order valence-corrected chi connectivity index (χ2v) is 24.8. The van der Waals surface area contributed by atoms with Gasteiger partial charge in [-0.15, -0.1) is 0 Å². The molecule has 2 unspecified atom stereocenters. The molecule has 8 amide bonds. The summed E-state index contributed by atoms with van der Waals surface area (Å²) in [5.74, 6) is -2.63. The third kappa shape index (κ3) is 20.7. The van der Waals surface area contributed by atoms with E-state index in [0.29, 0.717) is 23.4 Å². The number of nitrogens with zero attached hydrogens (tertiary/aromatic N) is 4. The van der Waals surface area contributed by atoms with E-state index in [1.54, 1.807) is 62.6 Å². The zero-order valence-electron chi connectivity index (χ0n) is 53.0. The fourth-order valence-corrected chi connectivity index (χ4v) is 11.5. The smallest absolute Gasteiger partial charge is 0.412 e. The van der Waals surface area contributed by atoms with Gasteiger partial charge in [-0.1, -0.05) is 66.2 Å². The molecule has 6 rings (SSSR count). The van der Waals surface area contributed by atoms with Crippen LogP contribution >= 0.6 is 35.1 Å². The molecule has 500 valence electrons. The highest BCUT2D eigenvalue weighted by atomic mass is 35.5. The average molecular weight is 1330 g/mol. The Morgan fingerprint density at radius 3 is 2.44 bits per heavy atom. The van der Waals surface area contributed by atoms with Crippen LogP contribution < -0.4 is 30.9 Å². The summed E-state index contributed by atoms with van der Waals surface area (Å²) < 4.78 is 51.0. The Morgan fingerprint density at radius 1 is 0.967 bits per heavy atom. The van der Waals surface area contributed by atoms with E-state index in [2.05, 4.69) is 21.3 Å². The molecule has 27 nitrogen and oxygen atoms in total. The van der Waals surface area contributed by atoms with Gasteiger partial charge in [0.1, 0.15) is 60.2 Å². The molecule has 2 aromatic rings. The SMILES string of the molecule is COc1cc2cc(c1Cl)N(C)C(=O)C[C@H](OC(=O)[C@H](C)N(C)C(=O)CCSC(=O)N(C)CCN(C)C(=O)OCc1ccc(NC(=O)OC3/C=C/COCOC3)c(NC(=O)CCNC(=O)CSC)c1)[C@]1(C)OC1[C@H](C)[C@@H]1C[C@@](O)(NC(=O)O1)[C@H](OC)/C=C/C=C(\C)C2. The number of epoxide rings is 1. The maximum absolute atomic E-state index is 14.4. The van der Waals surface area contributed by atoms with Gasteiger partial charge < -0.3 is 78.0 Å². The molecule has 30 heteroatoms. The Hall–Kier alpha value is -7.12. The molecule has 91 heavy (non-hydrogen) atoms. The van der Waals surface area contributed by atoms with Crippen LogP contribution in [0.4, 0.5) is 36.2 Å². The maximum Gasteiger partial charge on any atom is 0.412 e. The van der Waals surface area contributed by atoms with Crippen molar-refractivity contribution in [1.82, 2.24) is 25.3 Å². The lowest BCUT2D eigenvalue weighted by molar-refractivity contribution is -0.162. The van der Waals surface area contributed by atoms with Crippen LogP contribution in [0.15, 0.2) is 66.3 Å². The lowest BCUT2D eigenvalue weighted by atomic mass is 9.83. The molecular weight excluding hydrogens is 1250 g/mol. The fourth-order valence-electron chi connectivity index (χ4n) is 10.0. The first-order valence-electron chi connectivity index (χ1n) is 29.3. The molecule has 4 aliphatic heterocycles. The third-order valence-corrected chi connectivity index (χ3v) is 17.5. The number of ether oxygens (including phenoxy) is 9. The summed E-state index contributed by atoms with van der Waals surface area (Å²) in [6.45, 7) is 7.08. The summed E-state index contributed by atoms with van der Waals surface area (Å²) in [6.07, 6.45) is 2.73. The third-order valence-electron chi connectivity index (χ3n) is 15.6. The van der Waals surface area contributed by atoms with Crippen LogP contribution in [0.1, 0.15) is 64.5 Å². The molecule has 4 heterocycles. The van der Waals surface area contributed by atoms with Crippen LogP contribution in [0.25, 0.3) is 0 Å². The normalized spacial score (nSPS) is 24.9. The minimum atomic E-state index is -1.91. The van der Waals surface area contributed by atoms with E-state index >= 15 is 0 Å². The van der Waals surface area contributed by atoms with Gasteiger partial charge in [0.2, 0.25) is 23.6 Å². The number of esters is 1. The van der Waals surface area contributed by atoms with Gasteiger partial charge in [0.25, 0.3) is 5.24 Å². The summed E-state index contributed by atoms with van der Waals surface area (Å²) >= 11 is 9.03. The number of fused-ring (bicyclic) bond motifs is 5. The van der Waals surface area contributed by atoms with E-state index < -0.39 is 107 Å². The number of carbonyl (C=O) groups is 9. The van der Waals surface area contributed by atoms with E-state index in [0.717, 1.165) is 22.9 Å². The van der Waals surface area contributed by atoms with Gasteiger partial charge >= 0.3 is 24.2 Å². The molecule has 9 atom stereocenters. The Kier molecular flexibility index (Phi) is 27.2. The van der Waals surface area contributed by atoms with Gasteiger partial charge in [0.05, 0.1) is 55.7 Å². The number of amides is 8. The number of alkyl carbamates (subject to hydrolysis) is 1. The van der Waals surface area contributed by atoms with Crippen molar-refractivity contribution in [2.24, 2.45) is 5.92 Å². The van der Waals surface area contributed by atoms with E-state index in [4.69, 9.17) is 54.2 Å². The van der Waals surface area contributed by atoms with Crippen molar-refractivity contribution in [2.75, 3.05) is 115 Å². The predicted molar refractivity (Wildman–Crippen MR) is 340 cm³/mol. The number of benzene rings is 2. The maximum atomic E-state index is 14.4. The number of hydrogen-bond donors (Lipinski definition) is 5. The van der Waals surface area contributed by atoms with Crippen LogP contribution in [0.3, 0.4) is 0 Å². The second kappa shape index (κ2) is 34.0. The number of hydrogen-bond acceptors (Lipinski definition) is 21. The number of likely N-dealkylation sites (N-methyl/N-ethyl adjacent to an activating group) is 3. The van der Waals surface area contributed by atoms with Crippen molar-refractivity contribution >= 4 is 105 Å². The average Bonchev–Trinajstić information content (AvgIpc) is 1.60. The molecule has 0 aliphatic carbocycles. The minimum absolute atomic E-state index is 0.0263. The van der Waals surface area contributed by atoms with E-state index in [-0.39, 0.29) is 99.3 Å². The number of halogens is 1. The van der Waals surface area contributed by atoms with Crippen LogP contribution in [0.2, 0.25) is 5.02 Å². The van der Waals surface area contributed by atoms with Crippen LogP contribution in [-0.4, -0.2) is 221 Å². The van der Waals surface area contributed by atoms with Crippen molar-refractivity contribution < 1.29 is 90.9 Å². The Morgan fingerprint density at radius 2 is 1.71 bits per heavy atom. The van der Waals surface area contributed by atoms with Gasteiger partial charge in [0.15, 0.2) is 5.72 Å². The van der Waals surface area contributed by atoms with Crippen molar-refractivity contribution in [3.05, 3.63) is 82.4 Å². The molecular formula is C61H83ClN8O19S2. The zero-order chi connectivity index (χ0) is 66.7. The molecule has 5 N–H and O–H groups in total. The highest BCUT2D eigenvalue weighted by Gasteiger charge is 2.64. The molecule has 2 fully saturated rings. The minimum Gasteiger partial charge on any atom is -0.495 e. The molecule has 2 aromatic carbocycles. The molecule has 4 bridgehead atoms. The quantitative estimate of drug-likeness (QED) is 0.0399. The number of thioether (sulfide) groups is 2. The van der Waals surface area contributed by atoms with Gasteiger partial charge in [-0.05, 0) is 74.9 Å². The second-order valence-electron chi connectivity index (χ2n) is 22.5. The Bertz CT molecular complexity index is 3070. The van der Waals surface area contributed by atoms with E-state index in [9.17, 15) is 48.3 Å². The van der Waals surface area contributed by atoms with E-state index in [1.807, 2.05) is 13.0 Å². The Labute approximate surface area is 542 Å². The number of carbonyl (C=O) groups excluding carboxylic acids is 9. The number of allylic oxidation sites excluding steroid dienone is 3. The summed E-state index contributed by atoms with van der Waals surface area (Å²) in [7, 11) is 8.81. The molecule has 2 saturated heterocycles. The van der Waals surface area contributed by atoms with Gasteiger partial charge in [-0.2, -0.15) is 11.8 Å². The number of aliphatic hydroxyl groups is 1. The van der Waals surface area contributed by atoms with Gasteiger partial charge in [-0.25, -0.2) is 19.2 Å². The van der Waals surface area contributed by atoms with Crippen LogP contribution in [-0.2, 0) is 74.9 Å². The van der Waals surface area contributed by atoms with Gasteiger partial charge in [-0.3, -0.25) is 34.6 Å². The number of nitrogens with one attached hydrogen (secondary N) is 4. The number of anilines is 3. The Balaban J connectivity index is 1.03. The van der Waals surface area contributed by atoms with E-state index in [1.165, 1.54) is 92.8 Å². The molecule has 0 aromatic heterocycles. The molecule has 0 spiro atoms. The van der Waals surface area contributed by atoms with Crippen molar-refractivity contribution in [3.8, 4) is 5.75 Å². The first-order chi connectivity index (χ1) is 43.2. The standard InChI is InChI=1S/C61H83ClN8O19S2/c1-36-14-12-16-47(82-10)61(80)31-46(87-57(77)66-61)37(2)54-60(4,89-54)48(30-52(74)70(8)44-28-40(26-36)29-45(81-9)53(44)62)88-55(75)38(3)69(7)51(73)20-25-91-59(79)68(6)23-22-67(5)58(78)85-32-39-17-18-42(65-56(76)86-41-15-13-24-83-35-84-33-41)43(27-39)64-49(71)19-21-63-50(72)34-90-11/h12-18,27-29,37-38,41,46-48,54,80H,19-26,30-35H2,1-11H3,(H,63,72)(H,64,71)(H,65,76)(H,66,77)/b15-13+,16-12+,36-14+/t37-,38+,41?,46+,47-,48+,54?,60+,61+/m1/s1. The fraction of sp³-hybridized carbons (Fsp3) is 0.557. The van der Waals surface area contributed by atoms with Gasteiger partial charge in [0, 0.05) is 85.9 Å². The summed E-state index contributed by atoms with van der Waals surface area (Å²) in [5, 5.41) is 22.2. The topological polar surface area (TPSA) is 321 Å². The zero-order valence-corrected chi connectivity index (χ0v) is 55.4.